The Morgan fingerprint density at radius 3 is 2.33 bits per heavy atom. The molecule has 0 saturated heterocycles. The number of ether oxygens (including phenoxy) is 1. The van der Waals surface area contributed by atoms with Crippen LogP contribution in [-0.2, 0) is 19.0 Å². The number of aryl methyl sites for hydroxylation is 1. The van der Waals surface area contributed by atoms with E-state index >= 15 is 0 Å². The van der Waals surface area contributed by atoms with Crippen LogP contribution in [0.4, 0.5) is 0 Å². The van der Waals surface area contributed by atoms with E-state index in [-0.39, 0.29) is 17.1 Å². The Hall–Kier alpha value is -0.910. The van der Waals surface area contributed by atoms with E-state index in [2.05, 4.69) is 0 Å². The van der Waals surface area contributed by atoms with Gasteiger partial charge in [-0.15, -0.1) is 0 Å². The Balaban J connectivity index is 2.14. The van der Waals surface area contributed by atoms with Gasteiger partial charge in [0.05, 0.1) is 11.0 Å². The van der Waals surface area contributed by atoms with Gasteiger partial charge < -0.3 is 4.74 Å². The molecule has 0 spiro atoms. The quantitative estimate of drug-likeness (QED) is 0.788. The van der Waals surface area contributed by atoms with Crippen molar-refractivity contribution in [2.45, 2.75) is 43.3 Å². The van der Waals surface area contributed by atoms with Gasteiger partial charge >= 0.3 is 0 Å². The lowest BCUT2D eigenvalue weighted by atomic mass is 10.2. The van der Waals surface area contributed by atoms with E-state index in [9.17, 15) is 8.42 Å². The first-order valence-corrected chi connectivity index (χ1v) is 7.46. The van der Waals surface area contributed by atoms with Crippen LogP contribution in [-0.4, -0.2) is 27.7 Å². The summed E-state index contributed by atoms with van der Waals surface area (Å²) in [5.74, 6) is 0. The van der Waals surface area contributed by atoms with E-state index in [1.54, 1.807) is 31.4 Å². The fraction of sp³-hybridized carbons (Fsp3) is 0.538. The molecule has 1 aromatic rings. The molecule has 0 N–H and O–H groups in total. The summed E-state index contributed by atoms with van der Waals surface area (Å²) in [6, 6.07) is 6.67. The molecule has 0 aliphatic heterocycles. The second-order valence-corrected chi connectivity index (χ2v) is 6.18. The van der Waals surface area contributed by atoms with Crippen molar-refractivity contribution in [3.05, 3.63) is 29.8 Å². The minimum absolute atomic E-state index is 0.120. The van der Waals surface area contributed by atoms with Crippen molar-refractivity contribution < 1.29 is 17.3 Å². The topological polar surface area (TPSA) is 52.6 Å². The molecule has 1 fully saturated rings. The molecule has 0 bridgehead atoms. The first kappa shape index (κ1) is 13.5. The van der Waals surface area contributed by atoms with Crippen LogP contribution in [0.2, 0.25) is 0 Å². The molecule has 1 aliphatic carbocycles. The third-order valence-electron chi connectivity index (χ3n) is 3.25. The molecule has 0 radical (unpaired) electrons. The summed E-state index contributed by atoms with van der Waals surface area (Å²) in [7, 11) is -2.10. The lowest BCUT2D eigenvalue weighted by molar-refractivity contribution is 0.0259. The third-order valence-corrected chi connectivity index (χ3v) is 4.60. The van der Waals surface area contributed by atoms with Crippen LogP contribution in [0.25, 0.3) is 0 Å². The van der Waals surface area contributed by atoms with E-state index in [4.69, 9.17) is 8.92 Å². The van der Waals surface area contributed by atoms with Gasteiger partial charge in [-0.05, 0) is 38.3 Å². The molecule has 2 atom stereocenters. The highest BCUT2D eigenvalue weighted by Crippen LogP contribution is 2.27. The van der Waals surface area contributed by atoms with Gasteiger partial charge in [0, 0.05) is 7.11 Å². The summed E-state index contributed by atoms with van der Waals surface area (Å²) in [5.41, 5.74) is 1.02. The zero-order chi connectivity index (χ0) is 13.2. The summed E-state index contributed by atoms with van der Waals surface area (Å²) < 4.78 is 34.7. The number of methoxy groups -OCH3 is 1. The third kappa shape index (κ3) is 2.91. The zero-order valence-electron chi connectivity index (χ0n) is 10.6. The van der Waals surface area contributed by atoms with Crippen molar-refractivity contribution in [3.63, 3.8) is 0 Å². The van der Waals surface area contributed by atoms with E-state index in [0.717, 1.165) is 24.8 Å². The molecule has 4 nitrogen and oxygen atoms in total. The lowest BCUT2D eigenvalue weighted by Crippen LogP contribution is -2.27. The second-order valence-electron chi connectivity index (χ2n) is 4.61. The van der Waals surface area contributed by atoms with Crippen LogP contribution in [0.1, 0.15) is 24.8 Å². The molecule has 18 heavy (non-hydrogen) atoms. The van der Waals surface area contributed by atoms with Crippen LogP contribution in [0, 0.1) is 6.92 Å². The van der Waals surface area contributed by atoms with Crippen molar-refractivity contribution in [1.29, 1.82) is 0 Å². The molecule has 1 aliphatic rings. The number of hydrogen-bond acceptors (Lipinski definition) is 4. The van der Waals surface area contributed by atoms with Crippen molar-refractivity contribution in [2.24, 2.45) is 0 Å². The smallest absolute Gasteiger partial charge is 0.297 e. The molecule has 0 amide bonds. The van der Waals surface area contributed by atoms with E-state index in [1.165, 1.54) is 0 Å². The number of hydrogen-bond donors (Lipinski definition) is 0. The monoisotopic (exact) mass is 270 g/mol. The molecule has 0 heterocycles. The molecule has 1 aromatic carbocycles. The molecule has 1 saturated carbocycles. The SMILES string of the molecule is CO[C@H]1CCC[C@@H]1OS(=O)(=O)c1ccc(C)cc1. The van der Waals surface area contributed by atoms with Gasteiger partial charge in [-0.1, -0.05) is 17.7 Å². The Morgan fingerprint density at radius 1 is 1.11 bits per heavy atom. The Bertz CT molecular complexity index is 492. The summed E-state index contributed by atoms with van der Waals surface area (Å²) in [6.45, 7) is 1.91. The molecular formula is C13H18O4S. The summed E-state index contributed by atoms with van der Waals surface area (Å²) in [6.07, 6.45) is 2.03. The number of benzene rings is 1. The summed E-state index contributed by atoms with van der Waals surface area (Å²) >= 11 is 0. The van der Waals surface area contributed by atoms with Crippen LogP contribution in [0.5, 0.6) is 0 Å². The molecule has 100 valence electrons. The Labute approximate surface area is 108 Å². The standard InChI is InChI=1S/C13H18O4S/c1-10-6-8-11(9-7-10)18(14,15)17-13-5-3-4-12(13)16-2/h6-9,12-13H,3-5H2,1-2H3/t12-,13-/m0/s1. The van der Waals surface area contributed by atoms with E-state index in [0.29, 0.717) is 0 Å². The maximum Gasteiger partial charge on any atom is 0.297 e. The highest BCUT2D eigenvalue weighted by molar-refractivity contribution is 7.86. The van der Waals surface area contributed by atoms with Crippen molar-refractivity contribution in [3.8, 4) is 0 Å². The van der Waals surface area contributed by atoms with E-state index < -0.39 is 10.1 Å². The predicted molar refractivity (Wildman–Crippen MR) is 67.9 cm³/mol. The number of rotatable bonds is 4. The molecule has 2 rings (SSSR count). The molecular weight excluding hydrogens is 252 g/mol. The van der Waals surface area contributed by atoms with Gasteiger partial charge in [-0.25, -0.2) is 0 Å². The average molecular weight is 270 g/mol. The first-order chi connectivity index (χ1) is 8.53. The zero-order valence-corrected chi connectivity index (χ0v) is 11.4. The minimum atomic E-state index is -3.68. The van der Waals surface area contributed by atoms with Gasteiger partial charge in [0.1, 0.15) is 6.10 Å². The van der Waals surface area contributed by atoms with Crippen molar-refractivity contribution >= 4 is 10.1 Å². The van der Waals surface area contributed by atoms with Crippen molar-refractivity contribution in [1.82, 2.24) is 0 Å². The molecule has 0 aromatic heterocycles. The summed E-state index contributed by atoms with van der Waals surface area (Å²) in [4.78, 5) is 0.204. The maximum absolute atomic E-state index is 12.1. The highest BCUT2D eigenvalue weighted by atomic mass is 32.2. The van der Waals surface area contributed by atoms with Gasteiger partial charge in [-0.3, -0.25) is 4.18 Å². The Morgan fingerprint density at radius 2 is 1.72 bits per heavy atom. The van der Waals surface area contributed by atoms with E-state index in [1.807, 2.05) is 6.92 Å². The largest absolute Gasteiger partial charge is 0.379 e. The fourth-order valence-corrected chi connectivity index (χ4v) is 3.32. The predicted octanol–water partition coefficient (Wildman–Crippen LogP) is 2.27. The first-order valence-electron chi connectivity index (χ1n) is 6.05. The lowest BCUT2D eigenvalue weighted by Gasteiger charge is -2.18. The van der Waals surface area contributed by atoms with Gasteiger partial charge in [0.2, 0.25) is 0 Å². The van der Waals surface area contributed by atoms with Crippen LogP contribution in [0.15, 0.2) is 29.2 Å². The maximum atomic E-state index is 12.1. The average Bonchev–Trinajstić information content (AvgIpc) is 2.76. The minimum Gasteiger partial charge on any atom is -0.379 e. The Kier molecular flexibility index (Phi) is 4.04. The van der Waals surface area contributed by atoms with Crippen LogP contribution in [0.3, 0.4) is 0 Å². The van der Waals surface area contributed by atoms with Gasteiger partial charge in [-0.2, -0.15) is 8.42 Å². The molecule has 5 heteroatoms. The second kappa shape index (κ2) is 5.38. The van der Waals surface area contributed by atoms with Crippen molar-refractivity contribution in [2.75, 3.05) is 7.11 Å². The summed E-state index contributed by atoms with van der Waals surface area (Å²) in [5, 5.41) is 0. The molecule has 0 unspecified atom stereocenters. The van der Waals surface area contributed by atoms with Gasteiger partial charge in [0.15, 0.2) is 0 Å². The highest BCUT2D eigenvalue weighted by Gasteiger charge is 2.32. The van der Waals surface area contributed by atoms with Crippen LogP contribution >= 0.6 is 0 Å². The van der Waals surface area contributed by atoms with Gasteiger partial charge in [0.25, 0.3) is 10.1 Å². The van der Waals surface area contributed by atoms with Crippen LogP contribution < -0.4 is 0 Å². The normalized spacial score (nSPS) is 24.3. The fourth-order valence-electron chi connectivity index (χ4n) is 2.19.